The highest BCUT2D eigenvalue weighted by atomic mass is 32.1. The van der Waals surface area contributed by atoms with Crippen LogP contribution in [0.3, 0.4) is 0 Å². The van der Waals surface area contributed by atoms with E-state index in [0.29, 0.717) is 22.4 Å². The summed E-state index contributed by atoms with van der Waals surface area (Å²) in [6, 6.07) is 8.18. The van der Waals surface area contributed by atoms with Crippen LogP contribution in [0.15, 0.2) is 30.3 Å². The van der Waals surface area contributed by atoms with Crippen molar-refractivity contribution in [3.8, 4) is 0 Å². The van der Waals surface area contributed by atoms with Crippen molar-refractivity contribution in [1.82, 2.24) is 0 Å². The highest BCUT2D eigenvalue weighted by Crippen LogP contribution is 2.40. The van der Waals surface area contributed by atoms with E-state index in [4.69, 9.17) is 4.74 Å². The van der Waals surface area contributed by atoms with Crippen LogP contribution in [0.1, 0.15) is 78.9 Å². The number of anilines is 1. The fourth-order valence-electron chi connectivity index (χ4n) is 3.65. The molecule has 1 heterocycles. The van der Waals surface area contributed by atoms with Gasteiger partial charge >= 0.3 is 5.97 Å². The maximum absolute atomic E-state index is 12.8. The van der Waals surface area contributed by atoms with E-state index in [1.54, 1.807) is 6.08 Å². The molecular formula is C25H31NO3S. The lowest BCUT2D eigenvalue weighted by Crippen LogP contribution is -2.18. The van der Waals surface area contributed by atoms with Gasteiger partial charge in [0.15, 0.2) is 0 Å². The summed E-state index contributed by atoms with van der Waals surface area (Å²) in [5.41, 5.74) is 3.82. The lowest BCUT2D eigenvalue weighted by Gasteiger charge is -2.18. The van der Waals surface area contributed by atoms with E-state index in [9.17, 15) is 9.59 Å². The first-order valence-electron chi connectivity index (χ1n) is 10.7. The molecule has 1 amide bonds. The molecule has 0 saturated carbocycles. The minimum atomic E-state index is -0.347. The van der Waals surface area contributed by atoms with Crippen LogP contribution in [0.2, 0.25) is 0 Å². The Hall–Kier alpha value is -2.40. The number of benzene rings is 1. The molecule has 0 spiro atoms. The Morgan fingerprint density at radius 2 is 1.87 bits per heavy atom. The van der Waals surface area contributed by atoms with Crippen molar-refractivity contribution in [1.29, 1.82) is 0 Å². The van der Waals surface area contributed by atoms with Gasteiger partial charge in [0.2, 0.25) is 5.91 Å². The molecule has 1 aliphatic carbocycles. The monoisotopic (exact) mass is 425 g/mol. The summed E-state index contributed by atoms with van der Waals surface area (Å²) in [5.74, 6) is 0.471. The smallest absolute Gasteiger partial charge is 0.341 e. The molecule has 3 rings (SSSR count). The summed E-state index contributed by atoms with van der Waals surface area (Å²) in [6.07, 6.45) is 5.95. The molecule has 1 aromatic carbocycles. The molecule has 30 heavy (non-hydrogen) atoms. The first kappa shape index (κ1) is 22.3. The second kappa shape index (κ2) is 9.61. The Kier molecular flexibility index (Phi) is 7.14. The van der Waals surface area contributed by atoms with Crippen molar-refractivity contribution in [3.63, 3.8) is 0 Å². The first-order valence-corrected chi connectivity index (χ1v) is 11.5. The number of carbonyl (C=O) groups excluding carboxylic acids is 2. The molecule has 160 valence electrons. The molecule has 0 unspecified atom stereocenters. The fourth-order valence-corrected chi connectivity index (χ4v) is 5.05. The number of hydrogen-bond donors (Lipinski definition) is 1. The molecule has 1 atom stereocenters. The molecular weight excluding hydrogens is 394 g/mol. The normalized spacial score (nSPS) is 16.2. The maximum Gasteiger partial charge on any atom is 0.341 e. The molecule has 4 nitrogen and oxygen atoms in total. The van der Waals surface area contributed by atoms with Crippen molar-refractivity contribution >= 4 is 34.3 Å². The zero-order chi connectivity index (χ0) is 21.8. The summed E-state index contributed by atoms with van der Waals surface area (Å²) in [6.45, 7) is 10.2. The number of hydrogen-bond acceptors (Lipinski definition) is 4. The number of ether oxygens (including phenoxy) is 1. The van der Waals surface area contributed by atoms with Crippen molar-refractivity contribution < 1.29 is 14.3 Å². The Balaban J connectivity index is 1.79. The van der Waals surface area contributed by atoms with Gasteiger partial charge in [-0.3, -0.25) is 4.79 Å². The lowest BCUT2D eigenvalue weighted by atomic mass is 9.88. The molecule has 2 aromatic rings. The van der Waals surface area contributed by atoms with Gasteiger partial charge in [-0.25, -0.2) is 4.79 Å². The van der Waals surface area contributed by atoms with Gasteiger partial charge in [-0.05, 0) is 67.7 Å². The Morgan fingerprint density at radius 3 is 2.50 bits per heavy atom. The molecule has 5 heteroatoms. The molecule has 0 saturated heterocycles. The van der Waals surface area contributed by atoms with Gasteiger partial charge in [0.25, 0.3) is 0 Å². The van der Waals surface area contributed by atoms with E-state index >= 15 is 0 Å². The van der Waals surface area contributed by atoms with E-state index in [1.165, 1.54) is 27.9 Å². The molecule has 0 radical (unpaired) electrons. The average Bonchev–Trinajstić information content (AvgIpc) is 3.02. The third kappa shape index (κ3) is 5.39. The van der Waals surface area contributed by atoms with E-state index in [0.717, 1.165) is 30.4 Å². The number of thiophene rings is 1. The first-order chi connectivity index (χ1) is 14.2. The minimum absolute atomic E-state index is 0.201. The number of esters is 1. The quantitative estimate of drug-likeness (QED) is 0.442. The van der Waals surface area contributed by atoms with E-state index in [2.05, 4.69) is 38.2 Å². The third-order valence-corrected chi connectivity index (χ3v) is 6.50. The average molecular weight is 426 g/mol. The standard InChI is InChI=1S/C25H31NO3S/c1-15(2)19-10-7-18(8-11-19)9-13-22(27)26-24-23(25(28)29-16(3)4)20-12-6-17(5)14-21(20)30-24/h7-11,13,15-17H,6,12,14H2,1-5H3,(H,26,27)/b13-9+/t17-/m0/s1. The number of rotatable bonds is 6. The molecule has 1 aromatic heterocycles. The Morgan fingerprint density at radius 1 is 1.17 bits per heavy atom. The van der Waals surface area contributed by atoms with Gasteiger partial charge in [0, 0.05) is 11.0 Å². The van der Waals surface area contributed by atoms with E-state index in [1.807, 2.05) is 26.0 Å². The second-order valence-corrected chi connectivity index (χ2v) is 9.76. The number of carbonyl (C=O) groups is 2. The number of fused-ring (bicyclic) bond motifs is 1. The van der Waals surface area contributed by atoms with E-state index < -0.39 is 0 Å². The number of amides is 1. The maximum atomic E-state index is 12.8. The van der Waals surface area contributed by atoms with Crippen molar-refractivity contribution in [2.24, 2.45) is 5.92 Å². The Labute approximate surface area is 183 Å². The van der Waals surface area contributed by atoms with Crippen LogP contribution in [0.5, 0.6) is 0 Å². The van der Waals surface area contributed by atoms with Crippen LogP contribution in [0, 0.1) is 5.92 Å². The van der Waals surface area contributed by atoms with Crippen LogP contribution in [-0.4, -0.2) is 18.0 Å². The minimum Gasteiger partial charge on any atom is -0.459 e. The zero-order valence-electron chi connectivity index (χ0n) is 18.5. The van der Waals surface area contributed by atoms with Crippen LogP contribution < -0.4 is 5.32 Å². The van der Waals surface area contributed by atoms with Gasteiger partial charge in [0.05, 0.1) is 11.7 Å². The van der Waals surface area contributed by atoms with Crippen LogP contribution in [-0.2, 0) is 22.4 Å². The highest BCUT2D eigenvalue weighted by molar-refractivity contribution is 7.17. The van der Waals surface area contributed by atoms with Crippen molar-refractivity contribution in [2.45, 2.75) is 65.9 Å². The summed E-state index contributed by atoms with van der Waals surface area (Å²) in [5, 5.41) is 3.53. The molecule has 0 bridgehead atoms. The highest BCUT2D eigenvalue weighted by Gasteiger charge is 2.29. The molecule has 0 fully saturated rings. The third-order valence-electron chi connectivity index (χ3n) is 5.33. The molecule has 0 aliphatic heterocycles. The Bertz CT molecular complexity index is 938. The van der Waals surface area contributed by atoms with Gasteiger partial charge in [0.1, 0.15) is 5.00 Å². The van der Waals surface area contributed by atoms with Gasteiger partial charge < -0.3 is 10.1 Å². The summed E-state index contributed by atoms with van der Waals surface area (Å²) < 4.78 is 5.47. The van der Waals surface area contributed by atoms with Gasteiger partial charge in [-0.15, -0.1) is 11.3 Å². The summed E-state index contributed by atoms with van der Waals surface area (Å²) >= 11 is 1.51. The van der Waals surface area contributed by atoms with E-state index in [-0.39, 0.29) is 18.0 Å². The van der Waals surface area contributed by atoms with Crippen molar-refractivity contribution in [3.05, 3.63) is 57.5 Å². The summed E-state index contributed by atoms with van der Waals surface area (Å²) in [7, 11) is 0. The molecule has 1 N–H and O–H groups in total. The van der Waals surface area contributed by atoms with Crippen LogP contribution in [0.25, 0.3) is 6.08 Å². The topological polar surface area (TPSA) is 55.4 Å². The summed E-state index contributed by atoms with van der Waals surface area (Å²) in [4.78, 5) is 26.5. The second-order valence-electron chi connectivity index (χ2n) is 8.65. The van der Waals surface area contributed by atoms with Crippen LogP contribution >= 0.6 is 11.3 Å². The predicted octanol–water partition coefficient (Wildman–Crippen LogP) is 6.21. The zero-order valence-corrected chi connectivity index (χ0v) is 19.3. The van der Waals surface area contributed by atoms with Crippen molar-refractivity contribution in [2.75, 3.05) is 5.32 Å². The molecule has 1 aliphatic rings. The predicted molar refractivity (Wildman–Crippen MR) is 124 cm³/mol. The fraction of sp³-hybridized carbons (Fsp3) is 0.440. The number of nitrogens with one attached hydrogen (secondary N) is 1. The van der Waals surface area contributed by atoms with Crippen LogP contribution in [0.4, 0.5) is 5.00 Å². The largest absolute Gasteiger partial charge is 0.459 e. The SMILES string of the molecule is CC(C)OC(=O)c1c(NC(=O)/C=C/c2ccc(C(C)C)cc2)sc2c1CC[C@H](C)C2. The van der Waals surface area contributed by atoms with Gasteiger partial charge in [-0.2, -0.15) is 0 Å². The van der Waals surface area contributed by atoms with Gasteiger partial charge in [-0.1, -0.05) is 45.0 Å². The lowest BCUT2D eigenvalue weighted by molar-refractivity contribution is -0.111.